The van der Waals surface area contributed by atoms with Gasteiger partial charge in [0.2, 0.25) is 15.9 Å². The summed E-state index contributed by atoms with van der Waals surface area (Å²) in [6.07, 6.45) is 3.42. The fourth-order valence-electron chi connectivity index (χ4n) is 4.95. The summed E-state index contributed by atoms with van der Waals surface area (Å²) in [4.78, 5) is 28.8. The lowest BCUT2D eigenvalue weighted by molar-refractivity contribution is -0.387. The molecule has 2 aromatic carbocycles. The van der Waals surface area contributed by atoms with Crippen molar-refractivity contribution in [1.29, 1.82) is 0 Å². The summed E-state index contributed by atoms with van der Waals surface area (Å²) in [5.41, 5.74) is 2.15. The van der Waals surface area contributed by atoms with Crippen LogP contribution in [0.1, 0.15) is 11.5 Å². The van der Waals surface area contributed by atoms with Crippen molar-refractivity contribution < 1.29 is 28.0 Å². The number of para-hydroxylation sites is 1. The van der Waals surface area contributed by atoms with Crippen LogP contribution < -0.4 is 0 Å². The first-order valence-electron chi connectivity index (χ1n) is 11.8. The topological polar surface area (TPSA) is 143 Å². The molecule has 12 heteroatoms. The van der Waals surface area contributed by atoms with E-state index in [0.29, 0.717) is 0 Å². The van der Waals surface area contributed by atoms with E-state index in [0.717, 1.165) is 27.1 Å². The summed E-state index contributed by atoms with van der Waals surface area (Å²) in [5.74, 6) is -0.775. The Balaban J connectivity index is 1.66. The van der Waals surface area contributed by atoms with Gasteiger partial charge in [-0.25, -0.2) is 8.42 Å². The van der Waals surface area contributed by atoms with Crippen LogP contribution in [0.4, 0.5) is 5.69 Å². The van der Waals surface area contributed by atoms with E-state index in [9.17, 15) is 28.4 Å². The average molecular weight is 541 g/mol. The number of hydrogen-bond acceptors (Lipinski definition) is 8. The summed E-state index contributed by atoms with van der Waals surface area (Å²) < 4.78 is 32.8. The first-order valence-corrected chi connectivity index (χ1v) is 13.3. The SMILES string of the molecule is COCC(=O)N1[C@H](CO)[C@@H](c2ccc(-c3cccnc3)cc2)[C@H]1CN(C)S(=O)(=O)c1ccccc1[N+](=O)[O-]. The molecule has 1 aliphatic rings. The molecule has 1 aromatic heterocycles. The van der Waals surface area contributed by atoms with E-state index in [4.69, 9.17) is 4.74 Å². The Labute approximate surface area is 220 Å². The van der Waals surface area contributed by atoms with E-state index in [1.54, 1.807) is 12.4 Å². The first kappa shape index (κ1) is 27.3. The highest BCUT2D eigenvalue weighted by Crippen LogP contribution is 2.42. The maximum atomic E-state index is 13.4. The van der Waals surface area contributed by atoms with Crippen LogP contribution in [0, 0.1) is 10.1 Å². The van der Waals surface area contributed by atoms with Gasteiger partial charge in [-0.1, -0.05) is 42.5 Å². The number of nitro groups is 1. The third-order valence-corrected chi connectivity index (χ3v) is 8.64. The van der Waals surface area contributed by atoms with Gasteiger partial charge in [0, 0.05) is 45.1 Å². The van der Waals surface area contributed by atoms with Crippen LogP contribution in [0.3, 0.4) is 0 Å². The second-order valence-corrected chi connectivity index (χ2v) is 11.0. The first-order chi connectivity index (χ1) is 18.2. The summed E-state index contributed by atoms with van der Waals surface area (Å²) in [5, 5.41) is 21.6. The zero-order valence-electron chi connectivity index (χ0n) is 20.9. The van der Waals surface area contributed by atoms with Crippen molar-refractivity contribution in [3.63, 3.8) is 0 Å². The molecule has 0 spiro atoms. The van der Waals surface area contributed by atoms with Crippen LogP contribution in [0.25, 0.3) is 11.1 Å². The molecule has 0 saturated carbocycles. The molecule has 1 saturated heterocycles. The Hall–Kier alpha value is -3.71. The maximum absolute atomic E-state index is 13.4. The number of aliphatic hydroxyl groups is 1. The van der Waals surface area contributed by atoms with Crippen LogP contribution >= 0.6 is 0 Å². The molecule has 1 aliphatic heterocycles. The molecule has 3 aromatic rings. The lowest BCUT2D eigenvalue weighted by Crippen LogP contribution is -2.69. The second kappa shape index (κ2) is 11.4. The van der Waals surface area contributed by atoms with E-state index in [-0.39, 0.29) is 25.7 Å². The van der Waals surface area contributed by atoms with Gasteiger partial charge in [0.05, 0.1) is 23.6 Å². The molecule has 3 atom stereocenters. The zero-order chi connectivity index (χ0) is 27.4. The van der Waals surface area contributed by atoms with Gasteiger partial charge in [-0.15, -0.1) is 0 Å². The van der Waals surface area contributed by atoms with Crippen molar-refractivity contribution in [2.75, 3.05) is 33.9 Å². The van der Waals surface area contributed by atoms with E-state index < -0.39 is 43.5 Å². The van der Waals surface area contributed by atoms with E-state index in [1.165, 1.54) is 37.3 Å². The van der Waals surface area contributed by atoms with E-state index in [2.05, 4.69) is 4.98 Å². The summed E-state index contributed by atoms with van der Waals surface area (Å²) >= 11 is 0. The summed E-state index contributed by atoms with van der Waals surface area (Å²) in [7, 11) is -1.57. The number of benzene rings is 2. The normalized spacial score (nSPS) is 19.3. The summed E-state index contributed by atoms with van der Waals surface area (Å²) in [6, 6.07) is 15.3. The van der Waals surface area contributed by atoms with Gasteiger partial charge >= 0.3 is 0 Å². The van der Waals surface area contributed by atoms with Gasteiger partial charge in [-0.3, -0.25) is 19.9 Å². The number of amides is 1. The number of pyridine rings is 1. The lowest BCUT2D eigenvalue weighted by Gasteiger charge is -2.55. The molecule has 0 bridgehead atoms. The smallest absolute Gasteiger partial charge is 0.289 e. The number of nitrogens with zero attached hydrogens (tertiary/aromatic N) is 4. The number of methoxy groups -OCH3 is 1. The van der Waals surface area contributed by atoms with Gasteiger partial charge in [0.25, 0.3) is 5.69 Å². The molecule has 0 aliphatic carbocycles. The number of aromatic nitrogens is 1. The molecule has 38 heavy (non-hydrogen) atoms. The number of carbonyl (C=O) groups is 1. The predicted octanol–water partition coefficient (Wildman–Crippen LogP) is 2.28. The Morgan fingerprint density at radius 3 is 2.42 bits per heavy atom. The van der Waals surface area contributed by atoms with Crippen molar-refractivity contribution in [2.24, 2.45) is 0 Å². The summed E-state index contributed by atoms with van der Waals surface area (Å²) in [6.45, 7) is -0.711. The highest BCUT2D eigenvalue weighted by molar-refractivity contribution is 7.89. The number of carbonyl (C=O) groups excluding carboxylic acids is 1. The van der Waals surface area contributed by atoms with Gasteiger partial charge in [0.15, 0.2) is 4.90 Å². The fourth-order valence-corrected chi connectivity index (χ4v) is 6.29. The van der Waals surface area contributed by atoms with Crippen LogP contribution in [0.2, 0.25) is 0 Å². The minimum absolute atomic E-state index is 0.143. The molecular formula is C26H28N4O7S. The van der Waals surface area contributed by atoms with Gasteiger partial charge < -0.3 is 14.7 Å². The number of likely N-dealkylation sites (tertiary alicyclic amines) is 1. The van der Waals surface area contributed by atoms with Crippen molar-refractivity contribution in [1.82, 2.24) is 14.2 Å². The third kappa shape index (κ3) is 5.16. The Kier molecular flexibility index (Phi) is 8.17. The number of sulfonamides is 1. The van der Waals surface area contributed by atoms with Gasteiger partial charge in [-0.2, -0.15) is 4.31 Å². The Bertz CT molecular complexity index is 1400. The predicted molar refractivity (Wildman–Crippen MR) is 139 cm³/mol. The van der Waals surface area contributed by atoms with Crippen LogP contribution in [-0.4, -0.2) is 84.5 Å². The van der Waals surface area contributed by atoms with Crippen molar-refractivity contribution in [3.05, 3.63) is 88.7 Å². The lowest BCUT2D eigenvalue weighted by atomic mass is 9.74. The van der Waals surface area contributed by atoms with Crippen molar-refractivity contribution >= 4 is 21.6 Å². The van der Waals surface area contributed by atoms with E-state index >= 15 is 0 Å². The number of aliphatic hydroxyl groups excluding tert-OH is 1. The van der Waals surface area contributed by atoms with Crippen molar-refractivity contribution in [2.45, 2.75) is 22.9 Å². The van der Waals surface area contributed by atoms with E-state index in [1.807, 2.05) is 36.4 Å². The van der Waals surface area contributed by atoms with Gasteiger partial charge in [-0.05, 0) is 28.8 Å². The molecule has 4 rings (SSSR count). The Morgan fingerprint density at radius 2 is 1.82 bits per heavy atom. The molecule has 11 nitrogen and oxygen atoms in total. The average Bonchev–Trinajstić information content (AvgIpc) is 2.91. The number of ether oxygens (including phenoxy) is 1. The zero-order valence-corrected chi connectivity index (χ0v) is 21.7. The van der Waals surface area contributed by atoms with Gasteiger partial charge in [0.1, 0.15) is 6.61 Å². The quantitative estimate of drug-likeness (QED) is 0.305. The largest absolute Gasteiger partial charge is 0.394 e. The molecule has 1 fully saturated rings. The minimum atomic E-state index is -4.27. The molecule has 1 N–H and O–H groups in total. The molecule has 0 unspecified atom stereocenters. The van der Waals surface area contributed by atoms with Crippen molar-refractivity contribution in [3.8, 4) is 11.1 Å². The molecule has 0 radical (unpaired) electrons. The highest BCUT2D eigenvalue weighted by atomic mass is 32.2. The molecular weight excluding hydrogens is 512 g/mol. The fraction of sp³-hybridized carbons (Fsp3) is 0.308. The number of likely N-dealkylation sites (N-methyl/N-ethyl adjacent to an activating group) is 1. The Morgan fingerprint density at radius 1 is 1.11 bits per heavy atom. The highest BCUT2D eigenvalue weighted by Gasteiger charge is 2.52. The number of nitro benzene ring substituents is 1. The third-order valence-electron chi connectivity index (χ3n) is 6.77. The van der Waals surface area contributed by atoms with Crippen LogP contribution in [-0.2, 0) is 19.6 Å². The number of hydrogen-bond donors (Lipinski definition) is 1. The van der Waals surface area contributed by atoms with Crippen LogP contribution in [0.5, 0.6) is 0 Å². The molecule has 200 valence electrons. The maximum Gasteiger partial charge on any atom is 0.289 e. The molecule has 1 amide bonds. The second-order valence-electron chi connectivity index (χ2n) is 8.95. The van der Waals surface area contributed by atoms with Crippen LogP contribution in [0.15, 0.2) is 78.0 Å². The standard InChI is InChI=1S/C26H28N4O7S/c1-28(38(35,36)24-8-4-3-7-21(24)30(33)34)15-22-26(23(16-31)29(22)25(32)17-37-2)19-11-9-18(10-12-19)20-6-5-13-27-14-20/h3-14,22-23,26,31H,15-17H2,1-2H3/t22-,23-,26+/m1/s1. The number of rotatable bonds is 10. The monoisotopic (exact) mass is 540 g/mol. The molecule has 2 heterocycles. The minimum Gasteiger partial charge on any atom is -0.394 e.